The van der Waals surface area contributed by atoms with Gasteiger partial charge in [0.1, 0.15) is 5.01 Å². The second-order valence-electron chi connectivity index (χ2n) is 5.21. The predicted molar refractivity (Wildman–Crippen MR) is 106 cm³/mol. The molecule has 1 aromatic heterocycles. The van der Waals surface area contributed by atoms with E-state index in [0.29, 0.717) is 5.01 Å². The van der Waals surface area contributed by atoms with Crippen LogP contribution < -0.4 is 0 Å². The Balaban J connectivity index is 1.71. The van der Waals surface area contributed by atoms with Crippen LogP contribution in [0.2, 0.25) is 0 Å². The summed E-state index contributed by atoms with van der Waals surface area (Å²) in [7, 11) is 0. The standard InChI is InChI=1S/C19H13BrN2OS2/c20-14-7-4-8-15(9-14)24-12-18(23)16(10-21)19-22-17(11-25-19)13-5-2-1-3-6-13/h1-9,11,16H,12H2. The Morgan fingerprint density at radius 1 is 1.24 bits per heavy atom. The van der Waals surface area contributed by atoms with Gasteiger partial charge in [0, 0.05) is 20.3 Å². The highest BCUT2D eigenvalue weighted by atomic mass is 79.9. The van der Waals surface area contributed by atoms with Crippen LogP contribution in [0.3, 0.4) is 0 Å². The number of thioether (sulfide) groups is 1. The topological polar surface area (TPSA) is 53.8 Å². The number of thiazole rings is 1. The van der Waals surface area contributed by atoms with Gasteiger partial charge in [0.15, 0.2) is 11.7 Å². The van der Waals surface area contributed by atoms with Crippen molar-refractivity contribution >= 4 is 44.8 Å². The zero-order valence-corrected chi connectivity index (χ0v) is 16.3. The molecular weight excluding hydrogens is 416 g/mol. The molecule has 0 bridgehead atoms. The van der Waals surface area contributed by atoms with E-state index in [2.05, 4.69) is 27.0 Å². The molecule has 0 spiro atoms. The quantitative estimate of drug-likeness (QED) is 0.483. The van der Waals surface area contributed by atoms with Crippen LogP contribution in [0.25, 0.3) is 11.3 Å². The number of carbonyl (C=O) groups excluding carboxylic acids is 1. The van der Waals surface area contributed by atoms with Crippen molar-refractivity contribution in [3.63, 3.8) is 0 Å². The van der Waals surface area contributed by atoms with Gasteiger partial charge in [-0.25, -0.2) is 4.98 Å². The van der Waals surface area contributed by atoms with Gasteiger partial charge in [-0.1, -0.05) is 52.3 Å². The first kappa shape index (κ1) is 17.9. The molecule has 0 saturated carbocycles. The van der Waals surface area contributed by atoms with Gasteiger partial charge in [-0.05, 0) is 18.2 Å². The summed E-state index contributed by atoms with van der Waals surface area (Å²) in [6.07, 6.45) is 0. The van der Waals surface area contributed by atoms with Crippen LogP contribution in [0.15, 0.2) is 69.3 Å². The normalized spacial score (nSPS) is 11.7. The van der Waals surface area contributed by atoms with E-state index in [1.165, 1.54) is 23.1 Å². The third-order valence-electron chi connectivity index (χ3n) is 3.47. The lowest BCUT2D eigenvalue weighted by atomic mass is 10.1. The fourth-order valence-electron chi connectivity index (χ4n) is 2.22. The van der Waals surface area contributed by atoms with Crippen LogP contribution in [-0.4, -0.2) is 16.5 Å². The molecule has 0 aliphatic heterocycles. The first-order valence-electron chi connectivity index (χ1n) is 7.49. The van der Waals surface area contributed by atoms with Gasteiger partial charge in [-0.3, -0.25) is 4.79 Å². The van der Waals surface area contributed by atoms with Crippen LogP contribution in [0, 0.1) is 11.3 Å². The van der Waals surface area contributed by atoms with Crippen molar-refractivity contribution in [1.29, 1.82) is 5.26 Å². The highest BCUT2D eigenvalue weighted by Crippen LogP contribution is 2.29. The van der Waals surface area contributed by atoms with Gasteiger partial charge in [-0.15, -0.1) is 23.1 Å². The van der Waals surface area contributed by atoms with Gasteiger partial charge in [-0.2, -0.15) is 5.26 Å². The molecule has 124 valence electrons. The van der Waals surface area contributed by atoms with Crippen molar-refractivity contribution in [2.75, 3.05) is 5.75 Å². The number of hydrogen-bond donors (Lipinski definition) is 0. The SMILES string of the molecule is N#CC(C(=O)CSc1cccc(Br)c1)c1nc(-c2ccccc2)cs1. The molecule has 0 N–H and O–H groups in total. The molecule has 6 heteroatoms. The average molecular weight is 429 g/mol. The van der Waals surface area contributed by atoms with E-state index < -0.39 is 5.92 Å². The number of rotatable bonds is 6. The monoisotopic (exact) mass is 428 g/mol. The Labute approximate surface area is 162 Å². The van der Waals surface area contributed by atoms with E-state index in [9.17, 15) is 10.1 Å². The van der Waals surface area contributed by atoms with Crippen molar-refractivity contribution in [1.82, 2.24) is 4.98 Å². The number of nitriles is 1. The van der Waals surface area contributed by atoms with Crippen molar-refractivity contribution in [3.8, 4) is 17.3 Å². The smallest absolute Gasteiger partial charge is 0.167 e. The molecule has 3 aromatic rings. The number of benzene rings is 2. The van der Waals surface area contributed by atoms with E-state index in [0.717, 1.165) is 20.6 Å². The second-order valence-corrected chi connectivity index (χ2v) is 8.07. The zero-order valence-electron chi connectivity index (χ0n) is 13.1. The average Bonchev–Trinajstić information content (AvgIpc) is 3.11. The fourth-order valence-corrected chi connectivity index (χ4v) is 4.53. The number of aromatic nitrogens is 1. The van der Waals surface area contributed by atoms with Gasteiger partial charge in [0.05, 0.1) is 17.5 Å². The minimum absolute atomic E-state index is 0.124. The molecule has 1 atom stereocenters. The van der Waals surface area contributed by atoms with Crippen LogP contribution in [0.5, 0.6) is 0 Å². The number of hydrogen-bond acceptors (Lipinski definition) is 5. The van der Waals surface area contributed by atoms with E-state index in [4.69, 9.17) is 0 Å². The maximum atomic E-state index is 12.5. The van der Waals surface area contributed by atoms with Crippen LogP contribution in [0.1, 0.15) is 10.9 Å². The lowest BCUT2D eigenvalue weighted by molar-refractivity contribution is -0.116. The number of carbonyl (C=O) groups is 1. The predicted octanol–water partition coefficient (Wildman–Crippen LogP) is 5.54. The molecule has 0 aliphatic carbocycles. The summed E-state index contributed by atoms with van der Waals surface area (Å²) in [5.74, 6) is -0.696. The van der Waals surface area contributed by atoms with Gasteiger partial charge >= 0.3 is 0 Å². The molecule has 3 nitrogen and oxygen atoms in total. The number of nitrogens with zero attached hydrogens (tertiary/aromatic N) is 2. The molecule has 0 radical (unpaired) electrons. The molecule has 25 heavy (non-hydrogen) atoms. The summed E-state index contributed by atoms with van der Waals surface area (Å²) in [5.41, 5.74) is 1.78. The van der Waals surface area contributed by atoms with Crippen molar-refractivity contribution in [2.24, 2.45) is 0 Å². The van der Waals surface area contributed by atoms with E-state index in [1.54, 1.807) is 0 Å². The largest absolute Gasteiger partial charge is 0.297 e. The van der Waals surface area contributed by atoms with Crippen molar-refractivity contribution in [2.45, 2.75) is 10.8 Å². The summed E-state index contributed by atoms with van der Waals surface area (Å²) < 4.78 is 0.967. The van der Waals surface area contributed by atoms with Crippen molar-refractivity contribution in [3.05, 3.63) is 69.5 Å². The Morgan fingerprint density at radius 2 is 2.04 bits per heavy atom. The number of halogens is 1. The Morgan fingerprint density at radius 3 is 2.76 bits per heavy atom. The van der Waals surface area contributed by atoms with Crippen LogP contribution in [0.4, 0.5) is 0 Å². The van der Waals surface area contributed by atoms with Gasteiger partial charge in [0.2, 0.25) is 0 Å². The first-order valence-corrected chi connectivity index (χ1v) is 10.1. The number of ketones is 1. The number of Topliss-reactive ketones (excluding diaryl/α,β-unsaturated/α-hetero) is 1. The Kier molecular flexibility index (Phi) is 6.03. The second kappa shape index (κ2) is 8.43. The maximum Gasteiger partial charge on any atom is 0.167 e. The van der Waals surface area contributed by atoms with Gasteiger partial charge in [0.25, 0.3) is 0 Å². The Bertz CT molecular complexity index is 918. The molecule has 1 unspecified atom stereocenters. The summed E-state index contributed by atoms with van der Waals surface area (Å²) in [5, 5.41) is 11.9. The van der Waals surface area contributed by atoms with E-state index in [-0.39, 0.29) is 11.5 Å². The minimum atomic E-state index is -0.817. The maximum absolute atomic E-state index is 12.5. The highest BCUT2D eigenvalue weighted by Gasteiger charge is 2.23. The highest BCUT2D eigenvalue weighted by molar-refractivity contribution is 9.10. The molecule has 3 rings (SSSR count). The fraction of sp³-hybridized carbons (Fsp3) is 0.105. The van der Waals surface area contributed by atoms with Gasteiger partial charge < -0.3 is 0 Å². The van der Waals surface area contributed by atoms with Crippen molar-refractivity contribution < 1.29 is 4.79 Å². The molecular formula is C19H13BrN2OS2. The third kappa shape index (κ3) is 4.57. The van der Waals surface area contributed by atoms with Crippen LogP contribution in [-0.2, 0) is 4.79 Å². The first-order chi connectivity index (χ1) is 12.2. The van der Waals surface area contributed by atoms with E-state index >= 15 is 0 Å². The zero-order chi connectivity index (χ0) is 17.6. The molecule has 0 saturated heterocycles. The molecule has 0 aliphatic rings. The Hall–Kier alpha value is -1.94. The summed E-state index contributed by atoms with van der Waals surface area (Å²) in [6.45, 7) is 0. The lowest BCUT2D eigenvalue weighted by Gasteiger charge is -2.05. The molecule has 0 fully saturated rings. The molecule has 1 heterocycles. The lowest BCUT2D eigenvalue weighted by Crippen LogP contribution is -2.13. The summed E-state index contributed by atoms with van der Waals surface area (Å²) in [6, 6.07) is 19.6. The van der Waals surface area contributed by atoms with Crippen LogP contribution >= 0.6 is 39.0 Å². The van der Waals surface area contributed by atoms with E-state index in [1.807, 2.05) is 60.0 Å². The summed E-state index contributed by atoms with van der Waals surface area (Å²) >= 11 is 6.20. The minimum Gasteiger partial charge on any atom is -0.297 e. The molecule has 2 aromatic carbocycles. The molecule has 0 amide bonds. The third-order valence-corrected chi connectivity index (χ3v) is 5.89. The summed E-state index contributed by atoms with van der Waals surface area (Å²) in [4.78, 5) is 18.0.